The normalized spacial score (nSPS) is 14.5. The number of carbonyl (C=O) groups excluding carboxylic acids is 2. The highest BCUT2D eigenvalue weighted by molar-refractivity contribution is 5.94. The summed E-state index contributed by atoms with van der Waals surface area (Å²) >= 11 is 0. The first-order chi connectivity index (χ1) is 18.9. The van der Waals surface area contributed by atoms with Crippen LogP contribution in [-0.4, -0.2) is 59.8 Å². The van der Waals surface area contributed by atoms with E-state index in [0.717, 1.165) is 11.1 Å². The van der Waals surface area contributed by atoms with Crippen molar-refractivity contribution in [3.05, 3.63) is 102 Å². The van der Waals surface area contributed by atoms with Gasteiger partial charge >= 0.3 is 12.1 Å². The van der Waals surface area contributed by atoms with Gasteiger partial charge in [-0.25, -0.2) is 15.5 Å². The van der Waals surface area contributed by atoms with Crippen molar-refractivity contribution in [2.45, 2.75) is 31.1 Å². The lowest BCUT2D eigenvalue weighted by atomic mass is 10.0. The van der Waals surface area contributed by atoms with E-state index < -0.39 is 24.3 Å². The molecule has 1 saturated heterocycles. The average molecular weight is 534 g/mol. The molecule has 0 aliphatic carbocycles. The minimum absolute atomic E-state index is 0.0897. The predicted octanol–water partition coefficient (Wildman–Crippen LogP) is 3.53. The van der Waals surface area contributed by atoms with Crippen molar-refractivity contribution in [1.82, 2.24) is 10.2 Å². The molecule has 39 heavy (non-hydrogen) atoms. The van der Waals surface area contributed by atoms with Crippen LogP contribution in [0.15, 0.2) is 84.9 Å². The lowest BCUT2D eigenvalue weighted by Gasteiger charge is -2.30. The van der Waals surface area contributed by atoms with E-state index in [4.69, 9.17) is 25.3 Å². The molecule has 0 saturated carbocycles. The summed E-state index contributed by atoms with van der Waals surface area (Å²) < 4.78 is 11.5. The number of carbonyl (C=O) groups is 3. The predicted molar refractivity (Wildman–Crippen MR) is 142 cm³/mol. The van der Waals surface area contributed by atoms with Crippen molar-refractivity contribution in [2.24, 2.45) is 5.90 Å². The molecule has 4 N–H and O–H groups in total. The minimum atomic E-state index is -1.18. The van der Waals surface area contributed by atoms with E-state index in [9.17, 15) is 14.4 Å². The van der Waals surface area contributed by atoms with E-state index >= 15 is 0 Å². The zero-order valence-corrected chi connectivity index (χ0v) is 21.3. The summed E-state index contributed by atoms with van der Waals surface area (Å²) in [4.78, 5) is 42.8. The first kappa shape index (κ1) is 27.6. The number of esters is 1. The second-order valence-electron chi connectivity index (χ2n) is 9.12. The van der Waals surface area contributed by atoms with Gasteiger partial charge in [0.15, 0.2) is 6.10 Å². The molecule has 1 aliphatic rings. The number of ether oxygens (including phenoxy) is 2. The van der Waals surface area contributed by atoms with Crippen molar-refractivity contribution >= 4 is 18.0 Å². The molecule has 2 amide bonds. The fourth-order valence-corrected chi connectivity index (χ4v) is 4.30. The molecule has 1 aliphatic heterocycles. The van der Waals surface area contributed by atoms with Crippen LogP contribution in [0.3, 0.4) is 0 Å². The molecule has 10 heteroatoms. The van der Waals surface area contributed by atoms with E-state index in [0.29, 0.717) is 37.2 Å². The van der Waals surface area contributed by atoms with E-state index in [1.807, 2.05) is 60.7 Å². The summed E-state index contributed by atoms with van der Waals surface area (Å²) in [6, 6.07) is 25.1. The van der Waals surface area contributed by atoms with Crippen LogP contribution in [0, 0.1) is 0 Å². The summed E-state index contributed by atoms with van der Waals surface area (Å²) in [5, 5.41) is 12.0. The Balaban J connectivity index is 1.31. The van der Waals surface area contributed by atoms with E-state index in [2.05, 4.69) is 5.32 Å². The topological polar surface area (TPSA) is 140 Å². The Labute approximate surface area is 226 Å². The van der Waals surface area contributed by atoms with Crippen LogP contribution < -0.4 is 16.0 Å². The maximum atomic E-state index is 12.9. The fourth-order valence-electron chi connectivity index (χ4n) is 4.30. The zero-order chi connectivity index (χ0) is 27.6. The van der Waals surface area contributed by atoms with Gasteiger partial charge in [-0.1, -0.05) is 60.7 Å². The third kappa shape index (κ3) is 7.56. The molecule has 3 aromatic carbocycles. The van der Waals surface area contributed by atoms with Crippen LogP contribution in [-0.2, 0) is 14.4 Å². The minimum Gasteiger partial charge on any atom is -0.490 e. The first-order valence-electron chi connectivity index (χ1n) is 12.6. The van der Waals surface area contributed by atoms with Gasteiger partial charge in [0.05, 0.1) is 0 Å². The second kappa shape index (κ2) is 13.4. The van der Waals surface area contributed by atoms with Crippen molar-refractivity contribution in [3.63, 3.8) is 0 Å². The smallest absolute Gasteiger partial charge is 0.407 e. The fraction of sp³-hybridized carbons (Fsp3) is 0.276. The molecule has 4 rings (SSSR count). The number of hydrogen-bond acceptors (Lipinski definition) is 7. The standard InChI is InChI=1S/C29H31N3O7/c30-39-25(28(34)38-26(20-7-3-1-4-8-20)21-9-5-2-6-10-21)19-37-24-13-11-22(12-14-24)27(33)31-23-15-17-32(18-16-23)29(35)36/h1-14,23,25-26H,15-19,30H2,(H,31,33)(H,35,36). The molecule has 0 bridgehead atoms. The molecular formula is C29H31N3O7. The lowest BCUT2D eigenvalue weighted by molar-refractivity contribution is -0.163. The lowest BCUT2D eigenvalue weighted by Crippen LogP contribution is -2.46. The number of likely N-dealkylation sites (tertiary alicyclic amines) is 1. The van der Waals surface area contributed by atoms with Gasteiger partial charge in [0.1, 0.15) is 12.4 Å². The monoisotopic (exact) mass is 533 g/mol. The van der Waals surface area contributed by atoms with Gasteiger partial charge in [-0.3, -0.25) is 9.63 Å². The molecule has 0 spiro atoms. The molecule has 1 fully saturated rings. The van der Waals surface area contributed by atoms with Gasteiger partial charge in [0.2, 0.25) is 6.10 Å². The molecule has 1 unspecified atom stereocenters. The Bertz CT molecular complexity index is 1190. The van der Waals surface area contributed by atoms with Gasteiger partial charge < -0.3 is 24.8 Å². The molecule has 204 valence electrons. The highest BCUT2D eigenvalue weighted by Crippen LogP contribution is 2.26. The number of rotatable bonds is 10. The Morgan fingerprint density at radius 2 is 1.46 bits per heavy atom. The van der Waals surface area contributed by atoms with Crippen LogP contribution in [0.5, 0.6) is 5.75 Å². The van der Waals surface area contributed by atoms with Gasteiger partial charge in [0, 0.05) is 24.7 Å². The molecule has 3 aromatic rings. The van der Waals surface area contributed by atoms with Crippen LogP contribution >= 0.6 is 0 Å². The van der Waals surface area contributed by atoms with Gasteiger partial charge in [-0.15, -0.1) is 0 Å². The maximum absolute atomic E-state index is 12.9. The number of hydrogen-bond donors (Lipinski definition) is 3. The van der Waals surface area contributed by atoms with Crippen molar-refractivity contribution < 1.29 is 33.8 Å². The number of carboxylic acid groups (broad SMARTS) is 1. The number of amides is 2. The largest absolute Gasteiger partial charge is 0.490 e. The number of nitrogens with two attached hydrogens (primary N) is 1. The quantitative estimate of drug-likeness (QED) is 0.266. The Hall–Kier alpha value is -4.41. The Morgan fingerprint density at radius 3 is 1.97 bits per heavy atom. The third-order valence-electron chi connectivity index (χ3n) is 6.48. The molecule has 10 nitrogen and oxygen atoms in total. The number of nitrogens with zero attached hydrogens (tertiary/aromatic N) is 1. The second-order valence-corrected chi connectivity index (χ2v) is 9.12. The Morgan fingerprint density at radius 1 is 0.897 bits per heavy atom. The van der Waals surface area contributed by atoms with Crippen molar-refractivity contribution in [2.75, 3.05) is 19.7 Å². The summed E-state index contributed by atoms with van der Waals surface area (Å²) in [6.07, 6.45) is -1.65. The van der Waals surface area contributed by atoms with Crippen LogP contribution in [0.2, 0.25) is 0 Å². The highest BCUT2D eigenvalue weighted by atomic mass is 16.7. The van der Waals surface area contributed by atoms with Crippen molar-refractivity contribution in [1.29, 1.82) is 0 Å². The van der Waals surface area contributed by atoms with Gasteiger partial charge in [-0.2, -0.15) is 0 Å². The number of piperidine rings is 1. The zero-order valence-electron chi connectivity index (χ0n) is 21.3. The van der Waals surface area contributed by atoms with E-state index in [-0.39, 0.29) is 18.6 Å². The van der Waals surface area contributed by atoms with Crippen LogP contribution in [0.4, 0.5) is 4.79 Å². The van der Waals surface area contributed by atoms with Crippen LogP contribution in [0.25, 0.3) is 0 Å². The average Bonchev–Trinajstić information content (AvgIpc) is 2.97. The Kier molecular flexibility index (Phi) is 9.49. The van der Waals surface area contributed by atoms with Gasteiger partial charge in [0.25, 0.3) is 5.91 Å². The van der Waals surface area contributed by atoms with Gasteiger partial charge in [-0.05, 0) is 48.2 Å². The highest BCUT2D eigenvalue weighted by Gasteiger charge is 2.27. The van der Waals surface area contributed by atoms with Crippen molar-refractivity contribution in [3.8, 4) is 5.75 Å². The van der Waals surface area contributed by atoms with Crippen LogP contribution in [0.1, 0.15) is 40.4 Å². The number of nitrogens with one attached hydrogen (secondary N) is 1. The maximum Gasteiger partial charge on any atom is 0.407 e. The summed E-state index contributed by atoms with van der Waals surface area (Å²) in [7, 11) is 0. The number of benzene rings is 3. The molecule has 1 atom stereocenters. The summed E-state index contributed by atoms with van der Waals surface area (Å²) in [5.74, 6) is 4.88. The molecule has 1 heterocycles. The van der Waals surface area contributed by atoms with E-state index in [1.165, 1.54) is 4.90 Å². The molecule has 0 radical (unpaired) electrons. The first-order valence-corrected chi connectivity index (χ1v) is 12.6. The summed E-state index contributed by atoms with van der Waals surface area (Å²) in [5.41, 5.74) is 2.03. The third-order valence-corrected chi connectivity index (χ3v) is 6.48. The van der Waals surface area contributed by atoms with E-state index in [1.54, 1.807) is 24.3 Å². The summed E-state index contributed by atoms with van der Waals surface area (Å²) in [6.45, 7) is 0.577. The SMILES string of the molecule is NOC(COc1ccc(C(=O)NC2CCN(C(=O)O)CC2)cc1)C(=O)OC(c1ccccc1)c1ccccc1. The molecular weight excluding hydrogens is 502 g/mol. The molecule has 0 aromatic heterocycles.